The summed E-state index contributed by atoms with van der Waals surface area (Å²) >= 11 is 0. The molecule has 1 atom stereocenters. The van der Waals surface area contributed by atoms with E-state index in [1.165, 1.54) is 6.08 Å². The maximum absolute atomic E-state index is 12.0. The van der Waals surface area contributed by atoms with E-state index in [2.05, 4.69) is 33.4 Å². The molecule has 2 aromatic rings. The zero-order valence-corrected chi connectivity index (χ0v) is 16.6. The summed E-state index contributed by atoms with van der Waals surface area (Å²) in [6, 6.07) is 12.4. The number of rotatable bonds is 8. The topological polar surface area (TPSA) is 63.1 Å². The van der Waals surface area contributed by atoms with Gasteiger partial charge in [0.15, 0.2) is 0 Å². The van der Waals surface area contributed by atoms with Gasteiger partial charge in [0.1, 0.15) is 0 Å². The number of benzene rings is 1. The van der Waals surface area contributed by atoms with Gasteiger partial charge in [-0.15, -0.1) is 0 Å². The highest BCUT2D eigenvalue weighted by Crippen LogP contribution is 2.21. The number of hydrogen-bond acceptors (Lipinski definition) is 2. The first kappa shape index (κ1) is 20.5. The summed E-state index contributed by atoms with van der Waals surface area (Å²) in [5, 5.41) is 5.64. The lowest BCUT2D eigenvalue weighted by Crippen LogP contribution is -2.34. The molecule has 1 aromatic carbocycles. The summed E-state index contributed by atoms with van der Waals surface area (Å²) in [4.78, 5) is 23.7. The van der Waals surface area contributed by atoms with Crippen LogP contribution in [0.3, 0.4) is 0 Å². The Hall–Kier alpha value is -2.82. The van der Waals surface area contributed by atoms with Gasteiger partial charge in [0, 0.05) is 42.2 Å². The monoisotopic (exact) mass is 367 g/mol. The summed E-state index contributed by atoms with van der Waals surface area (Å²) in [6.45, 7) is 8.40. The number of carbonyl (C=O) groups excluding carboxylic acids is 2. The fourth-order valence-corrected chi connectivity index (χ4v) is 2.90. The van der Waals surface area contributed by atoms with Crippen molar-refractivity contribution in [1.82, 2.24) is 15.2 Å². The van der Waals surface area contributed by atoms with E-state index in [0.29, 0.717) is 6.54 Å². The maximum atomic E-state index is 12.0. The largest absolute Gasteiger partial charge is 0.354 e. The molecule has 144 valence electrons. The van der Waals surface area contributed by atoms with E-state index in [0.717, 1.165) is 29.1 Å². The zero-order chi connectivity index (χ0) is 19.8. The number of nitrogens with zero attached hydrogens (tertiary/aromatic N) is 1. The van der Waals surface area contributed by atoms with Crippen molar-refractivity contribution in [2.24, 2.45) is 0 Å². The SMILES string of the molecule is CCC(C)NC(=O)CCNC(=O)/C=C/c1cc(C)n(-c2ccccc2)c1C. The van der Waals surface area contributed by atoms with Gasteiger partial charge in [-0.3, -0.25) is 9.59 Å². The highest BCUT2D eigenvalue weighted by molar-refractivity contribution is 5.92. The molecule has 0 bridgehead atoms. The first-order valence-corrected chi connectivity index (χ1v) is 9.42. The third-order valence-electron chi connectivity index (χ3n) is 4.57. The molecular formula is C22H29N3O2. The quantitative estimate of drug-likeness (QED) is 0.701. The fourth-order valence-electron chi connectivity index (χ4n) is 2.90. The molecule has 27 heavy (non-hydrogen) atoms. The van der Waals surface area contributed by atoms with Gasteiger partial charge in [-0.2, -0.15) is 0 Å². The van der Waals surface area contributed by atoms with Crippen LogP contribution >= 0.6 is 0 Å². The Bertz CT molecular complexity index is 806. The van der Waals surface area contributed by atoms with Gasteiger partial charge in [-0.05, 0) is 57.0 Å². The molecular weight excluding hydrogens is 338 g/mol. The lowest BCUT2D eigenvalue weighted by molar-refractivity contribution is -0.121. The number of aryl methyl sites for hydroxylation is 1. The predicted octanol–water partition coefficient (Wildman–Crippen LogP) is 3.53. The van der Waals surface area contributed by atoms with Crippen molar-refractivity contribution in [3.8, 4) is 5.69 Å². The van der Waals surface area contributed by atoms with Gasteiger partial charge in [-0.1, -0.05) is 25.1 Å². The van der Waals surface area contributed by atoms with E-state index < -0.39 is 0 Å². The van der Waals surface area contributed by atoms with Crippen LogP contribution < -0.4 is 10.6 Å². The molecule has 0 aliphatic heterocycles. The average molecular weight is 367 g/mol. The number of aromatic nitrogens is 1. The molecule has 2 amide bonds. The lowest BCUT2D eigenvalue weighted by Gasteiger charge is -2.11. The van der Waals surface area contributed by atoms with E-state index in [1.54, 1.807) is 0 Å². The molecule has 0 radical (unpaired) electrons. The fraction of sp³-hybridized carbons (Fsp3) is 0.364. The average Bonchev–Trinajstić information content (AvgIpc) is 2.94. The molecule has 2 N–H and O–H groups in total. The third kappa shape index (κ3) is 5.84. The van der Waals surface area contributed by atoms with E-state index >= 15 is 0 Å². The molecule has 2 rings (SSSR count). The second-order valence-electron chi connectivity index (χ2n) is 6.75. The molecule has 0 saturated heterocycles. The Kier molecular flexibility index (Phi) is 7.41. The van der Waals surface area contributed by atoms with Gasteiger partial charge in [0.05, 0.1) is 0 Å². The first-order chi connectivity index (χ1) is 12.9. The van der Waals surface area contributed by atoms with Crippen molar-refractivity contribution in [3.05, 3.63) is 59.4 Å². The number of carbonyl (C=O) groups is 2. The molecule has 0 fully saturated rings. The molecule has 0 saturated carbocycles. The summed E-state index contributed by atoms with van der Waals surface area (Å²) in [5.41, 5.74) is 4.29. The predicted molar refractivity (Wildman–Crippen MR) is 110 cm³/mol. The van der Waals surface area contributed by atoms with Crippen molar-refractivity contribution in [2.75, 3.05) is 6.54 Å². The summed E-state index contributed by atoms with van der Waals surface area (Å²) in [6.07, 6.45) is 4.51. The highest BCUT2D eigenvalue weighted by Gasteiger charge is 2.09. The van der Waals surface area contributed by atoms with Gasteiger partial charge < -0.3 is 15.2 Å². The lowest BCUT2D eigenvalue weighted by atomic mass is 10.2. The van der Waals surface area contributed by atoms with Crippen molar-refractivity contribution in [1.29, 1.82) is 0 Å². The van der Waals surface area contributed by atoms with Gasteiger partial charge in [0.2, 0.25) is 11.8 Å². The second-order valence-corrected chi connectivity index (χ2v) is 6.75. The van der Waals surface area contributed by atoms with Crippen LogP contribution in [-0.4, -0.2) is 29.0 Å². The van der Waals surface area contributed by atoms with E-state index in [9.17, 15) is 9.59 Å². The Morgan fingerprint density at radius 1 is 1.19 bits per heavy atom. The van der Waals surface area contributed by atoms with Crippen LogP contribution in [0.5, 0.6) is 0 Å². The van der Waals surface area contributed by atoms with Crippen LogP contribution in [0.4, 0.5) is 0 Å². The molecule has 1 unspecified atom stereocenters. The minimum absolute atomic E-state index is 0.0416. The molecule has 0 spiro atoms. The number of nitrogens with one attached hydrogen (secondary N) is 2. The molecule has 5 nitrogen and oxygen atoms in total. The van der Waals surface area contributed by atoms with Crippen LogP contribution in [-0.2, 0) is 9.59 Å². The van der Waals surface area contributed by atoms with Crippen LogP contribution in [0.25, 0.3) is 11.8 Å². The van der Waals surface area contributed by atoms with Crippen molar-refractivity contribution in [2.45, 2.75) is 46.6 Å². The number of amides is 2. The molecule has 5 heteroatoms. The Balaban J connectivity index is 1.92. The first-order valence-electron chi connectivity index (χ1n) is 9.42. The van der Waals surface area contributed by atoms with E-state index in [4.69, 9.17) is 0 Å². The Morgan fingerprint density at radius 3 is 2.56 bits per heavy atom. The van der Waals surface area contributed by atoms with Gasteiger partial charge in [0.25, 0.3) is 0 Å². The Morgan fingerprint density at radius 2 is 1.89 bits per heavy atom. The maximum Gasteiger partial charge on any atom is 0.244 e. The third-order valence-corrected chi connectivity index (χ3v) is 4.57. The minimum Gasteiger partial charge on any atom is -0.354 e. The van der Waals surface area contributed by atoms with Crippen LogP contribution in [0, 0.1) is 13.8 Å². The minimum atomic E-state index is -0.198. The molecule has 0 aliphatic rings. The normalized spacial score (nSPS) is 12.1. The van der Waals surface area contributed by atoms with Gasteiger partial charge in [-0.25, -0.2) is 0 Å². The molecule has 0 aliphatic carbocycles. The smallest absolute Gasteiger partial charge is 0.244 e. The van der Waals surface area contributed by atoms with Crippen molar-refractivity contribution < 1.29 is 9.59 Å². The summed E-state index contributed by atoms with van der Waals surface area (Å²) in [5.74, 6) is -0.240. The standard InChI is InChI=1S/C22H29N3O2/c1-5-16(2)24-22(27)13-14-23-21(26)12-11-19-15-17(3)25(18(19)4)20-9-7-6-8-10-20/h6-12,15-16H,5,13-14H2,1-4H3,(H,23,26)(H,24,27)/b12-11+. The summed E-state index contributed by atoms with van der Waals surface area (Å²) < 4.78 is 2.16. The van der Waals surface area contributed by atoms with E-state index in [1.807, 2.05) is 52.0 Å². The van der Waals surface area contributed by atoms with Crippen molar-refractivity contribution in [3.63, 3.8) is 0 Å². The number of hydrogen-bond donors (Lipinski definition) is 2. The molecule has 1 aromatic heterocycles. The van der Waals surface area contributed by atoms with Crippen molar-refractivity contribution >= 4 is 17.9 Å². The summed E-state index contributed by atoms with van der Waals surface area (Å²) in [7, 11) is 0. The molecule has 1 heterocycles. The second kappa shape index (κ2) is 9.76. The van der Waals surface area contributed by atoms with Crippen LogP contribution in [0.1, 0.15) is 43.6 Å². The highest BCUT2D eigenvalue weighted by atomic mass is 16.2. The number of para-hydroxylation sites is 1. The Labute approximate surface area is 161 Å². The van der Waals surface area contributed by atoms with Crippen LogP contribution in [0.15, 0.2) is 42.5 Å². The van der Waals surface area contributed by atoms with E-state index in [-0.39, 0.29) is 24.3 Å². The zero-order valence-electron chi connectivity index (χ0n) is 16.6. The van der Waals surface area contributed by atoms with Gasteiger partial charge >= 0.3 is 0 Å². The van der Waals surface area contributed by atoms with Crippen LogP contribution in [0.2, 0.25) is 0 Å².